The highest BCUT2D eigenvalue weighted by molar-refractivity contribution is 7.18. The van der Waals surface area contributed by atoms with Crippen LogP contribution in [0.25, 0.3) is 10.6 Å². The van der Waals surface area contributed by atoms with Crippen molar-refractivity contribution in [2.24, 2.45) is 0 Å². The van der Waals surface area contributed by atoms with Crippen molar-refractivity contribution in [2.45, 2.75) is 6.10 Å². The number of hydrogen-bond acceptors (Lipinski definition) is 5. The van der Waals surface area contributed by atoms with Crippen LogP contribution in [0.4, 0.5) is 5.13 Å². The van der Waals surface area contributed by atoms with Gasteiger partial charge >= 0.3 is 0 Å². The quantitative estimate of drug-likeness (QED) is 0.758. The van der Waals surface area contributed by atoms with E-state index in [1.54, 1.807) is 30.3 Å². The first-order valence-corrected chi connectivity index (χ1v) is 7.97. The van der Waals surface area contributed by atoms with E-state index in [1.165, 1.54) is 11.3 Å². The predicted octanol–water partition coefficient (Wildman–Crippen LogP) is 3.53. The number of hydrogen-bond donors (Lipinski definition) is 2. The SMILES string of the molecule is O=C(Nc1nnc(-c2ccccc2Cl)s1)C(O)c1ccccc1. The summed E-state index contributed by atoms with van der Waals surface area (Å²) in [5, 5.41) is 22.0. The molecule has 116 valence electrons. The van der Waals surface area contributed by atoms with Crippen LogP contribution in [0.15, 0.2) is 54.6 Å². The number of amides is 1. The van der Waals surface area contributed by atoms with Gasteiger partial charge in [0.1, 0.15) is 0 Å². The summed E-state index contributed by atoms with van der Waals surface area (Å²) in [6.07, 6.45) is -1.26. The number of anilines is 1. The molecule has 0 radical (unpaired) electrons. The van der Waals surface area contributed by atoms with E-state index in [1.807, 2.05) is 24.3 Å². The number of aliphatic hydroxyl groups excluding tert-OH is 1. The number of nitrogens with zero attached hydrogens (tertiary/aromatic N) is 2. The summed E-state index contributed by atoms with van der Waals surface area (Å²) in [5.41, 5.74) is 1.26. The van der Waals surface area contributed by atoms with Gasteiger partial charge in [-0.2, -0.15) is 0 Å². The van der Waals surface area contributed by atoms with Crippen LogP contribution < -0.4 is 5.32 Å². The van der Waals surface area contributed by atoms with Crippen LogP contribution in [-0.2, 0) is 4.79 Å². The summed E-state index contributed by atoms with van der Waals surface area (Å²) in [4.78, 5) is 12.1. The number of aliphatic hydroxyl groups is 1. The van der Waals surface area contributed by atoms with Gasteiger partial charge in [0.15, 0.2) is 11.1 Å². The molecule has 0 fully saturated rings. The molecule has 0 aliphatic heterocycles. The summed E-state index contributed by atoms with van der Waals surface area (Å²) in [5.74, 6) is -0.557. The minimum absolute atomic E-state index is 0.305. The lowest BCUT2D eigenvalue weighted by Gasteiger charge is -2.09. The van der Waals surface area contributed by atoms with Crippen molar-refractivity contribution in [3.63, 3.8) is 0 Å². The normalized spacial score (nSPS) is 11.9. The molecule has 0 saturated carbocycles. The second-order valence-electron chi connectivity index (χ2n) is 4.69. The number of nitrogens with one attached hydrogen (secondary N) is 1. The van der Waals surface area contributed by atoms with E-state index in [-0.39, 0.29) is 0 Å². The molecule has 1 aromatic heterocycles. The highest BCUT2D eigenvalue weighted by Crippen LogP contribution is 2.31. The molecule has 0 aliphatic rings. The van der Waals surface area contributed by atoms with Crippen LogP contribution in [-0.4, -0.2) is 21.2 Å². The van der Waals surface area contributed by atoms with Crippen LogP contribution >= 0.6 is 22.9 Å². The third-order valence-electron chi connectivity index (χ3n) is 3.12. The van der Waals surface area contributed by atoms with Gasteiger partial charge in [-0.25, -0.2) is 0 Å². The third-order valence-corrected chi connectivity index (χ3v) is 4.32. The monoisotopic (exact) mass is 345 g/mol. The average molecular weight is 346 g/mol. The zero-order chi connectivity index (χ0) is 16.2. The highest BCUT2D eigenvalue weighted by atomic mass is 35.5. The molecule has 0 spiro atoms. The Kier molecular flexibility index (Phi) is 4.66. The fourth-order valence-corrected chi connectivity index (χ4v) is 3.04. The number of carbonyl (C=O) groups excluding carboxylic acids is 1. The van der Waals surface area contributed by atoms with E-state index in [0.717, 1.165) is 5.56 Å². The molecule has 1 atom stereocenters. The third kappa shape index (κ3) is 3.56. The Hall–Kier alpha value is -2.28. The molecular weight excluding hydrogens is 334 g/mol. The Balaban J connectivity index is 1.74. The largest absolute Gasteiger partial charge is 0.378 e. The second-order valence-corrected chi connectivity index (χ2v) is 6.08. The van der Waals surface area contributed by atoms with Crippen molar-refractivity contribution in [3.05, 3.63) is 65.2 Å². The number of aromatic nitrogens is 2. The first kappa shape index (κ1) is 15.6. The molecule has 0 bridgehead atoms. The number of benzene rings is 2. The average Bonchev–Trinajstić information content (AvgIpc) is 3.03. The van der Waals surface area contributed by atoms with Crippen molar-refractivity contribution in [1.82, 2.24) is 10.2 Å². The lowest BCUT2D eigenvalue weighted by atomic mass is 10.1. The molecule has 3 rings (SSSR count). The molecule has 1 heterocycles. The lowest BCUT2D eigenvalue weighted by Crippen LogP contribution is -2.20. The number of rotatable bonds is 4. The van der Waals surface area contributed by atoms with E-state index >= 15 is 0 Å². The van der Waals surface area contributed by atoms with Crippen molar-refractivity contribution >= 4 is 34.0 Å². The standard InChI is InChI=1S/C16H12ClN3O2S/c17-12-9-5-4-8-11(12)15-19-20-16(23-15)18-14(22)13(21)10-6-2-1-3-7-10/h1-9,13,21H,(H,18,20,22). The maximum Gasteiger partial charge on any atom is 0.259 e. The van der Waals surface area contributed by atoms with Crippen molar-refractivity contribution in [3.8, 4) is 10.6 Å². The fourth-order valence-electron chi connectivity index (χ4n) is 1.98. The number of carbonyl (C=O) groups is 1. The van der Waals surface area contributed by atoms with Gasteiger partial charge in [-0.3, -0.25) is 10.1 Å². The van der Waals surface area contributed by atoms with Crippen LogP contribution in [0.3, 0.4) is 0 Å². The Labute approximate surface area is 141 Å². The van der Waals surface area contributed by atoms with Gasteiger partial charge in [0.05, 0.1) is 5.02 Å². The Morgan fingerprint density at radius 3 is 2.52 bits per heavy atom. The molecule has 3 aromatic rings. The number of halogens is 1. The molecule has 7 heteroatoms. The minimum atomic E-state index is -1.26. The lowest BCUT2D eigenvalue weighted by molar-refractivity contribution is -0.124. The van der Waals surface area contributed by atoms with Gasteiger partial charge in [-0.15, -0.1) is 10.2 Å². The highest BCUT2D eigenvalue weighted by Gasteiger charge is 2.19. The van der Waals surface area contributed by atoms with Crippen LogP contribution in [0.5, 0.6) is 0 Å². The van der Waals surface area contributed by atoms with Gasteiger partial charge in [-0.1, -0.05) is 71.5 Å². The molecule has 2 N–H and O–H groups in total. The van der Waals surface area contributed by atoms with E-state index < -0.39 is 12.0 Å². The van der Waals surface area contributed by atoms with Crippen molar-refractivity contribution < 1.29 is 9.90 Å². The molecule has 1 amide bonds. The van der Waals surface area contributed by atoms with E-state index in [0.29, 0.717) is 20.7 Å². The zero-order valence-electron chi connectivity index (χ0n) is 11.8. The van der Waals surface area contributed by atoms with Crippen molar-refractivity contribution in [2.75, 3.05) is 5.32 Å². The van der Waals surface area contributed by atoms with Crippen LogP contribution in [0, 0.1) is 0 Å². The van der Waals surface area contributed by atoms with Crippen LogP contribution in [0.1, 0.15) is 11.7 Å². The molecule has 1 unspecified atom stereocenters. The summed E-state index contributed by atoms with van der Waals surface area (Å²) in [6.45, 7) is 0. The van der Waals surface area contributed by atoms with Gasteiger partial charge < -0.3 is 5.11 Å². The van der Waals surface area contributed by atoms with E-state index in [9.17, 15) is 9.90 Å². The summed E-state index contributed by atoms with van der Waals surface area (Å²) >= 11 is 7.31. The molecule has 23 heavy (non-hydrogen) atoms. The van der Waals surface area contributed by atoms with Gasteiger partial charge in [-0.05, 0) is 11.6 Å². The van der Waals surface area contributed by atoms with Crippen LogP contribution in [0.2, 0.25) is 5.02 Å². The molecule has 0 saturated heterocycles. The first-order valence-electron chi connectivity index (χ1n) is 6.77. The molecular formula is C16H12ClN3O2S. The van der Waals surface area contributed by atoms with E-state index in [4.69, 9.17) is 11.6 Å². The van der Waals surface area contributed by atoms with Gasteiger partial charge in [0.25, 0.3) is 5.91 Å². The Bertz CT molecular complexity index is 823. The molecule has 5 nitrogen and oxygen atoms in total. The predicted molar refractivity (Wildman–Crippen MR) is 90.4 cm³/mol. The Morgan fingerprint density at radius 2 is 1.78 bits per heavy atom. The fraction of sp³-hybridized carbons (Fsp3) is 0.0625. The second kappa shape index (κ2) is 6.87. The smallest absolute Gasteiger partial charge is 0.259 e. The molecule has 2 aromatic carbocycles. The zero-order valence-corrected chi connectivity index (χ0v) is 13.4. The maximum atomic E-state index is 12.1. The first-order chi connectivity index (χ1) is 11.1. The summed E-state index contributed by atoms with van der Waals surface area (Å²) in [7, 11) is 0. The Morgan fingerprint density at radius 1 is 1.09 bits per heavy atom. The molecule has 0 aliphatic carbocycles. The van der Waals surface area contributed by atoms with Gasteiger partial charge in [0, 0.05) is 5.56 Å². The summed E-state index contributed by atoms with van der Waals surface area (Å²) < 4.78 is 0. The topological polar surface area (TPSA) is 75.1 Å². The maximum absolute atomic E-state index is 12.1. The van der Waals surface area contributed by atoms with Crippen molar-refractivity contribution in [1.29, 1.82) is 0 Å². The van der Waals surface area contributed by atoms with Gasteiger partial charge in [0.2, 0.25) is 5.13 Å². The minimum Gasteiger partial charge on any atom is -0.378 e. The van der Waals surface area contributed by atoms with E-state index in [2.05, 4.69) is 15.5 Å². The summed E-state index contributed by atoms with van der Waals surface area (Å²) in [6, 6.07) is 15.9.